The van der Waals surface area contributed by atoms with Crippen molar-refractivity contribution in [1.82, 2.24) is 15.6 Å². The number of aromatic nitrogens is 1. The van der Waals surface area contributed by atoms with Crippen LogP contribution in [0.4, 0.5) is 0 Å². The topological polar surface area (TPSA) is 126 Å². The van der Waals surface area contributed by atoms with E-state index >= 15 is 0 Å². The van der Waals surface area contributed by atoms with Crippen LogP contribution in [0.3, 0.4) is 0 Å². The molecule has 0 radical (unpaired) electrons. The predicted octanol–water partition coefficient (Wildman–Crippen LogP) is 0.559. The molecule has 0 bridgehead atoms. The van der Waals surface area contributed by atoms with E-state index in [1.807, 2.05) is 43.4 Å². The first-order chi connectivity index (χ1) is 16.4. The molecule has 9 heteroatoms. The van der Waals surface area contributed by atoms with Gasteiger partial charge in [-0.3, -0.25) is 14.6 Å². The lowest BCUT2D eigenvalue weighted by molar-refractivity contribution is -0.659. The second kappa shape index (κ2) is 10.6. The zero-order valence-corrected chi connectivity index (χ0v) is 20.0. The number of nitrogens with two attached hydrogens (primary N) is 1. The molecule has 9 nitrogen and oxygen atoms in total. The van der Waals surface area contributed by atoms with Gasteiger partial charge in [0.05, 0.1) is 25.1 Å². The lowest BCUT2D eigenvalue weighted by Gasteiger charge is -2.24. The molecule has 5 N–H and O–H groups in total. The fraction of sp³-hybridized carbons (Fsp3) is 0.560. The van der Waals surface area contributed by atoms with E-state index in [4.69, 9.17) is 9.47 Å². The number of pyridine rings is 1. The van der Waals surface area contributed by atoms with Crippen LogP contribution >= 0.6 is 0 Å². The number of aliphatic hydroxyl groups excluding tert-OH is 1. The van der Waals surface area contributed by atoms with E-state index in [0.717, 1.165) is 47.4 Å². The molecule has 34 heavy (non-hydrogen) atoms. The van der Waals surface area contributed by atoms with Crippen molar-refractivity contribution in [1.29, 1.82) is 0 Å². The van der Waals surface area contributed by atoms with Crippen LogP contribution in [0.25, 0.3) is 10.9 Å². The minimum absolute atomic E-state index is 0.143. The SMILES string of the molecule is CCC[C@H](NC(=O)[C@@H]1C[C@@H](Oc2cc(C)nc3cc(OC)ccc23)C[NH2+]1)C(O)C(=O)NC1CC1. The summed E-state index contributed by atoms with van der Waals surface area (Å²) in [6, 6.07) is 6.82. The average molecular weight is 472 g/mol. The number of hydrogen-bond acceptors (Lipinski definition) is 6. The van der Waals surface area contributed by atoms with Crippen molar-refractivity contribution in [2.45, 2.75) is 76.3 Å². The third-order valence-electron chi connectivity index (χ3n) is 6.44. The molecular formula is C25H35N4O5+. The summed E-state index contributed by atoms with van der Waals surface area (Å²) in [5.74, 6) is 0.885. The van der Waals surface area contributed by atoms with Gasteiger partial charge in [-0.25, -0.2) is 0 Å². The summed E-state index contributed by atoms with van der Waals surface area (Å²) in [5, 5.41) is 19.1. The molecule has 2 fully saturated rings. The molecule has 0 spiro atoms. The smallest absolute Gasteiger partial charge is 0.278 e. The zero-order chi connectivity index (χ0) is 24.2. The van der Waals surface area contributed by atoms with Crippen LogP contribution in [0, 0.1) is 6.92 Å². The quantitative estimate of drug-likeness (QED) is 0.401. The number of fused-ring (bicyclic) bond motifs is 1. The Hall–Kier alpha value is -2.91. The summed E-state index contributed by atoms with van der Waals surface area (Å²) in [6.07, 6.45) is 2.31. The molecule has 1 saturated carbocycles. The Balaban J connectivity index is 1.38. The number of nitrogens with zero attached hydrogens (tertiary/aromatic N) is 1. The van der Waals surface area contributed by atoms with Crippen molar-refractivity contribution in [3.63, 3.8) is 0 Å². The molecule has 1 aromatic carbocycles. The number of amides is 2. The van der Waals surface area contributed by atoms with Crippen LogP contribution in [0.15, 0.2) is 24.3 Å². The van der Waals surface area contributed by atoms with Gasteiger partial charge in [-0.1, -0.05) is 13.3 Å². The van der Waals surface area contributed by atoms with Gasteiger partial charge in [0.1, 0.15) is 18.0 Å². The van der Waals surface area contributed by atoms with E-state index in [1.54, 1.807) is 7.11 Å². The maximum atomic E-state index is 13.0. The van der Waals surface area contributed by atoms with Gasteiger partial charge in [-0.15, -0.1) is 0 Å². The van der Waals surface area contributed by atoms with Crippen LogP contribution in [0.1, 0.15) is 44.7 Å². The lowest BCUT2D eigenvalue weighted by Crippen LogP contribution is -2.90. The number of carbonyl (C=O) groups excluding carboxylic acids is 2. The maximum Gasteiger partial charge on any atom is 0.278 e. The van der Waals surface area contributed by atoms with Gasteiger partial charge in [0.2, 0.25) is 0 Å². The van der Waals surface area contributed by atoms with E-state index in [-0.39, 0.29) is 24.1 Å². The third kappa shape index (κ3) is 5.77. The van der Waals surface area contributed by atoms with Crippen LogP contribution in [0.5, 0.6) is 11.5 Å². The Kier molecular flexibility index (Phi) is 7.53. The first kappa shape index (κ1) is 24.2. The van der Waals surface area contributed by atoms with Crippen LogP contribution < -0.4 is 25.4 Å². The summed E-state index contributed by atoms with van der Waals surface area (Å²) >= 11 is 0. The van der Waals surface area contributed by atoms with Crippen molar-refractivity contribution in [2.24, 2.45) is 0 Å². The number of rotatable bonds is 10. The Bertz CT molecular complexity index is 1040. The number of nitrogens with one attached hydrogen (secondary N) is 2. The van der Waals surface area contributed by atoms with Crippen LogP contribution in [-0.4, -0.2) is 65.9 Å². The maximum absolute atomic E-state index is 13.0. The molecule has 4 atom stereocenters. The summed E-state index contributed by atoms with van der Waals surface area (Å²) in [7, 11) is 1.62. The van der Waals surface area contributed by atoms with Gasteiger partial charge in [-0.2, -0.15) is 0 Å². The zero-order valence-electron chi connectivity index (χ0n) is 20.0. The number of aryl methyl sites for hydroxylation is 1. The number of methoxy groups -OCH3 is 1. The monoisotopic (exact) mass is 471 g/mol. The lowest BCUT2D eigenvalue weighted by atomic mass is 10.0. The predicted molar refractivity (Wildman–Crippen MR) is 127 cm³/mol. The molecule has 1 aromatic heterocycles. The van der Waals surface area contributed by atoms with Crippen molar-refractivity contribution < 1.29 is 29.5 Å². The molecule has 1 aliphatic carbocycles. The van der Waals surface area contributed by atoms with Gasteiger partial charge in [0, 0.05) is 29.3 Å². The summed E-state index contributed by atoms with van der Waals surface area (Å²) in [5.41, 5.74) is 1.64. The fourth-order valence-electron chi connectivity index (χ4n) is 4.41. The fourth-order valence-corrected chi connectivity index (χ4v) is 4.41. The molecule has 2 heterocycles. The molecule has 1 saturated heterocycles. The Labute approximate surface area is 199 Å². The highest BCUT2D eigenvalue weighted by Gasteiger charge is 2.38. The van der Waals surface area contributed by atoms with Crippen molar-refractivity contribution in [2.75, 3.05) is 13.7 Å². The van der Waals surface area contributed by atoms with Gasteiger partial charge in [0.15, 0.2) is 18.2 Å². The number of quaternary nitrogens is 1. The molecule has 2 aliphatic rings. The van der Waals surface area contributed by atoms with E-state index in [2.05, 4.69) is 15.6 Å². The molecule has 1 unspecified atom stereocenters. The first-order valence-electron chi connectivity index (χ1n) is 12.1. The highest BCUT2D eigenvalue weighted by Crippen LogP contribution is 2.30. The number of benzene rings is 1. The van der Waals surface area contributed by atoms with Gasteiger partial charge in [0.25, 0.3) is 11.8 Å². The Morgan fingerprint density at radius 3 is 2.79 bits per heavy atom. The highest BCUT2D eigenvalue weighted by molar-refractivity contribution is 5.87. The van der Waals surface area contributed by atoms with Crippen LogP contribution in [0.2, 0.25) is 0 Å². The second-order valence-corrected chi connectivity index (χ2v) is 9.33. The van der Waals surface area contributed by atoms with E-state index in [1.165, 1.54) is 0 Å². The van der Waals surface area contributed by atoms with Crippen molar-refractivity contribution >= 4 is 22.7 Å². The molecule has 2 amide bonds. The molecule has 1 aliphatic heterocycles. The number of ether oxygens (including phenoxy) is 2. The number of aliphatic hydroxyl groups is 1. The highest BCUT2D eigenvalue weighted by atomic mass is 16.5. The van der Waals surface area contributed by atoms with Crippen molar-refractivity contribution in [3.8, 4) is 11.5 Å². The minimum atomic E-state index is -1.25. The van der Waals surface area contributed by atoms with E-state index in [9.17, 15) is 14.7 Å². The Morgan fingerprint density at radius 2 is 2.09 bits per heavy atom. The molecular weight excluding hydrogens is 436 g/mol. The van der Waals surface area contributed by atoms with Crippen molar-refractivity contribution in [3.05, 3.63) is 30.0 Å². The normalized spacial score (nSPS) is 21.6. The Morgan fingerprint density at radius 1 is 1.29 bits per heavy atom. The largest absolute Gasteiger partial charge is 0.497 e. The van der Waals surface area contributed by atoms with Crippen LogP contribution in [-0.2, 0) is 9.59 Å². The summed E-state index contributed by atoms with van der Waals surface area (Å²) in [6.45, 7) is 4.52. The molecule has 2 aromatic rings. The first-order valence-corrected chi connectivity index (χ1v) is 12.1. The second-order valence-electron chi connectivity index (χ2n) is 9.33. The summed E-state index contributed by atoms with van der Waals surface area (Å²) in [4.78, 5) is 29.8. The minimum Gasteiger partial charge on any atom is -0.497 e. The van der Waals surface area contributed by atoms with E-state index in [0.29, 0.717) is 19.4 Å². The third-order valence-corrected chi connectivity index (χ3v) is 6.44. The van der Waals surface area contributed by atoms with Gasteiger partial charge >= 0.3 is 0 Å². The standard InChI is InChI=1S/C25H34N4O5/c1-4-5-19(23(30)25(32)28-15-6-7-15)29-24(31)21-12-17(13-26-21)34-22-10-14(2)27-20-11-16(33-3)8-9-18(20)22/h8-11,15,17,19,21,23,26,30H,4-7,12-13H2,1-3H3,(H,28,32)(H,29,31)/p+1/t17-,19+,21+,23?/m1/s1. The number of carbonyl (C=O) groups is 2. The van der Waals surface area contributed by atoms with E-state index < -0.39 is 18.1 Å². The number of hydrogen-bond donors (Lipinski definition) is 4. The average Bonchev–Trinajstić information content (AvgIpc) is 3.51. The van der Waals surface area contributed by atoms with Gasteiger partial charge in [-0.05, 0) is 38.3 Å². The van der Waals surface area contributed by atoms with Gasteiger partial charge < -0.3 is 30.5 Å². The molecule has 4 rings (SSSR count). The molecule has 184 valence electrons. The summed E-state index contributed by atoms with van der Waals surface area (Å²) < 4.78 is 11.6.